The Morgan fingerprint density at radius 2 is 1.89 bits per heavy atom. The molecule has 0 radical (unpaired) electrons. The van der Waals surface area contributed by atoms with Crippen molar-refractivity contribution < 1.29 is 30.8 Å². The van der Waals surface area contributed by atoms with E-state index in [2.05, 4.69) is 20.3 Å². The van der Waals surface area contributed by atoms with Crippen LogP contribution < -0.4 is 5.32 Å². The second kappa shape index (κ2) is 8.33. The van der Waals surface area contributed by atoms with Crippen molar-refractivity contribution in [2.75, 3.05) is 11.9 Å². The highest BCUT2D eigenvalue weighted by Gasteiger charge is 2.39. The molecule has 5 rings (SSSR count). The van der Waals surface area contributed by atoms with Gasteiger partial charge in [0.05, 0.1) is 41.1 Å². The van der Waals surface area contributed by atoms with Gasteiger partial charge >= 0.3 is 6.18 Å². The van der Waals surface area contributed by atoms with Crippen molar-refractivity contribution in [1.29, 1.82) is 0 Å². The van der Waals surface area contributed by atoms with Gasteiger partial charge in [-0.25, -0.2) is 17.8 Å². The third kappa shape index (κ3) is 4.59. The number of carbonyl (C=O) groups excluding carboxylic acids is 1. The SMILES string of the molecule is O=C(c1cnc(S(=O)(=O)C2CC2)[nH]1)N1CCc2cc(Nc3ccc(C(F)(F)F)c(F)c3)cnc2C1. The maximum atomic E-state index is 13.8. The molecule has 0 bridgehead atoms. The highest BCUT2D eigenvalue weighted by molar-refractivity contribution is 7.92. The fourth-order valence-corrected chi connectivity index (χ4v) is 5.43. The van der Waals surface area contributed by atoms with Gasteiger partial charge in [-0.15, -0.1) is 0 Å². The van der Waals surface area contributed by atoms with Crippen LogP contribution in [-0.4, -0.2) is 46.0 Å². The Balaban J connectivity index is 1.28. The number of nitrogens with one attached hydrogen (secondary N) is 2. The number of hydrogen-bond acceptors (Lipinski definition) is 6. The molecule has 1 aromatic carbocycles. The minimum Gasteiger partial charge on any atom is -0.354 e. The van der Waals surface area contributed by atoms with Crippen molar-refractivity contribution in [1.82, 2.24) is 19.9 Å². The standard InChI is InChI=1S/C22H19F4N5O3S/c23-17-8-13(1-4-16(17)22(24,25)26)29-14-7-12-5-6-31(11-19(12)27-9-14)20(32)18-10-28-21(30-18)35(33,34)15-2-3-15/h1,4,7-10,15,29H,2-3,5-6,11H2,(H,28,30). The van der Waals surface area contributed by atoms with Crippen LogP contribution in [0.2, 0.25) is 0 Å². The largest absolute Gasteiger partial charge is 0.419 e. The molecule has 1 saturated carbocycles. The number of imidazole rings is 1. The second-order valence-electron chi connectivity index (χ2n) is 8.47. The molecular formula is C22H19F4N5O3S. The van der Waals surface area contributed by atoms with E-state index < -0.39 is 38.6 Å². The number of alkyl halides is 3. The van der Waals surface area contributed by atoms with Crippen LogP contribution in [0.1, 0.15) is 40.2 Å². The number of amides is 1. The van der Waals surface area contributed by atoms with E-state index in [1.807, 2.05) is 0 Å². The topological polar surface area (TPSA) is 108 Å². The number of rotatable bonds is 5. The molecular weight excluding hydrogens is 490 g/mol. The van der Waals surface area contributed by atoms with Crippen molar-refractivity contribution in [3.05, 3.63) is 65.0 Å². The molecule has 2 aliphatic rings. The molecule has 3 aromatic rings. The average Bonchev–Trinajstić information content (AvgIpc) is 3.55. The van der Waals surface area contributed by atoms with Crippen LogP contribution in [0, 0.1) is 5.82 Å². The van der Waals surface area contributed by atoms with Crippen molar-refractivity contribution in [2.45, 2.75) is 42.4 Å². The van der Waals surface area contributed by atoms with Crippen LogP contribution in [0.5, 0.6) is 0 Å². The number of pyridine rings is 1. The van der Waals surface area contributed by atoms with Crippen LogP contribution in [0.3, 0.4) is 0 Å². The highest BCUT2D eigenvalue weighted by Crippen LogP contribution is 2.34. The molecule has 184 valence electrons. The van der Waals surface area contributed by atoms with E-state index >= 15 is 0 Å². The lowest BCUT2D eigenvalue weighted by molar-refractivity contribution is -0.139. The summed E-state index contributed by atoms with van der Waals surface area (Å²) in [6, 6.07) is 4.32. The van der Waals surface area contributed by atoms with E-state index in [0.29, 0.717) is 43.3 Å². The summed E-state index contributed by atoms with van der Waals surface area (Å²) in [7, 11) is -3.54. The maximum Gasteiger partial charge on any atom is 0.419 e. The summed E-state index contributed by atoms with van der Waals surface area (Å²) in [6.07, 6.45) is -0.485. The summed E-state index contributed by atoms with van der Waals surface area (Å²) in [5, 5.41) is 2.20. The molecule has 1 aliphatic heterocycles. The zero-order chi connectivity index (χ0) is 25.0. The number of sulfone groups is 1. The molecule has 0 saturated heterocycles. The molecule has 35 heavy (non-hydrogen) atoms. The predicted octanol–water partition coefficient (Wildman–Crippen LogP) is 3.84. The van der Waals surface area contributed by atoms with E-state index in [1.165, 1.54) is 17.3 Å². The van der Waals surface area contributed by atoms with Crippen molar-refractivity contribution in [3.63, 3.8) is 0 Å². The number of fused-ring (bicyclic) bond motifs is 1. The Kier molecular flexibility index (Phi) is 5.54. The normalized spacial score (nSPS) is 16.2. The number of H-pyrrole nitrogens is 1. The first kappa shape index (κ1) is 23.3. The molecule has 3 heterocycles. The van der Waals surface area contributed by atoms with E-state index in [4.69, 9.17) is 0 Å². The smallest absolute Gasteiger partial charge is 0.354 e. The number of nitrogens with zero attached hydrogens (tertiary/aromatic N) is 3. The average molecular weight is 509 g/mol. The van der Waals surface area contributed by atoms with Gasteiger partial charge in [0.1, 0.15) is 11.5 Å². The summed E-state index contributed by atoms with van der Waals surface area (Å²) in [4.78, 5) is 25.3. The maximum absolute atomic E-state index is 13.8. The van der Waals surface area contributed by atoms with Crippen molar-refractivity contribution in [3.8, 4) is 0 Å². The molecule has 1 fully saturated rings. The number of halogens is 4. The Hall–Kier alpha value is -3.48. The van der Waals surface area contributed by atoms with Gasteiger partial charge in [0, 0.05) is 12.2 Å². The zero-order valence-electron chi connectivity index (χ0n) is 18.1. The molecule has 0 spiro atoms. The molecule has 8 nitrogen and oxygen atoms in total. The highest BCUT2D eigenvalue weighted by atomic mass is 32.2. The van der Waals surface area contributed by atoms with Crippen LogP contribution in [-0.2, 0) is 29.0 Å². The molecule has 13 heteroatoms. The van der Waals surface area contributed by atoms with Crippen molar-refractivity contribution >= 4 is 27.1 Å². The van der Waals surface area contributed by atoms with Gasteiger partial charge in [0.2, 0.25) is 15.0 Å². The van der Waals surface area contributed by atoms with E-state index in [9.17, 15) is 30.8 Å². The molecule has 0 unspecified atom stereocenters. The summed E-state index contributed by atoms with van der Waals surface area (Å²) in [5.41, 5.74) is 0.792. The molecule has 1 amide bonds. The lowest BCUT2D eigenvalue weighted by Crippen LogP contribution is -2.36. The monoisotopic (exact) mass is 509 g/mol. The summed E-state index contributed by atoms with van der Waals surface area (Å²) >= 11 is 0. The number of hydrogen-bond donors (Lipinski definition) is 2. The van der Waals surface area contributed by atoms with Crippen LogP contribution in [0.15, 0.2) is 41.8 Å². The van der Waals surface area contributed by atoms with Gasteiger partial charge in [0.15, 0.2) is 0 Å². The number of benzene rings is 1. The van der Waals surface area contributed by atoms with Gasteiger partial charge in [-0.1, -0.05) is 0 Å². The minimum absolute atomic E-state index is 0.0790. The lowest BCUT2D eigenvalue weighted by Gasteiger charge is -2.28. The van der Waals surface area contributed by atoms with Crippen LogP contribution in [0.4, 0.5) is 28.9 Å². The molecule has 2 aromatic heterocycles. The van der Waals surface area contributed by atoms with Crippen molar-refractivity contribution in [2.24, 2.45) is 0 Å². The first-order valence-electron chi connectivity index (χ1n) is 10.7. The van der Waals surface area contributed by atoms with Gasteiger partial charge in [-0.3, -0.25) is 9.78 Å². The lowest BCUT2D eigenvalue weighted by atomic mass is 10.0. The molecule has 2 N–H and O–H groups in total. The Bertz CT molecular complexity index is 1420. The zero-order valence-corrected chi connectivity index (χ0v) is 18.9. The number of aromatic amines is 1. The summed E-state index contributed by atoms with van der Waals surface area (Å²) < 4.78 is 76.7. The fourth-order valence-electron chi connectivity index (χ4n) is 3.91. The van der Waals surface area contributed by atoms with E-state index in [1.54, 1.807) is 6.07 Å². The third-order valence-electron chi connectivity index (χ3n) is 5.92. The van der Waals surface area contributed by atoms with Gasteiger partial charge in [0.25, 0.3) is 5.91 Å². The Morgan fingerprint density at radius 1 is 1.11 bits per heavy atom. The summed E-state index contributed by atoms with van der Waals surface area (Å²) in [5.74, 6) is -1.78. The number of carbonyl (C=O) groups is 1. The van der Waals surface area contributed by atoms with Gasteiger partial charge in [-0.05, 0) is 49.1 Å². The first-order chi connectivity index (χ1) is 16.5. The van der Waals surface area contributed by atoms with E-state index in [-0.39, 0.29) is 23.1 Å². The summed E-state index contributed by atoms with van der Waals surface area (Å²) in [6.45, 7) is 0.530. The molecule has 1 aliphatic carbocycles. The second-order valence-corrected chi connectivity index (χ2v) is 10.6. The van der Waals surface area contributed by atoms with Crippen LogP contribution >= 0.6 is 0 Å². The quantitative estimate of drug-likeness (QED) is 0.506. The number of anilines is 2. The molecule has 0 atom stereocenters. The van der Waals surface area contributed by atoms with E-state index in [0.717, 1.165) is 17.7 Å². The number of aromatic nitrogens is 3. The third-order valence-corrected chi connectivity index (χ3v) is 8.01. The minimum atomic E-state index is -4.78. The Morgan fingerprint density at radius 3 is 2.57 bits per heavy atom. The predicted molar refractivity (Wildman–Crippen MR) is 116 cm³/mol. The van der Waals surface area contributed by atoms with Gasteiger partial charge < -0.3 is 15.2 Å². The fraction of sp³-hybridized carbons (Fsp3) is 0.318. The van der Waals surface area contributed by atoms with Gasteiger partial charge in [-0.2, -0.15) is 13.2 Å². The Labute approximate surface area is 197 Å². The first-order valence-corrected chi connectivity index (χ1v) is 12.3. The van der Waals surface area contributed by atoms with Crippen LogP contribution in [0.25, 0.3) is 0 Å².